The summed E-state index contributed by atoms with van der Waals surface area (Å²) < 4.78 is 0. The van der Waals surface area contributed by atoms with Crippen LogP contribution in [0.25, 0.3) is 0 Å². The minimum Gasteiger partial charge on any atom is -0.370 e. The first-order valence-corrected chi connectivity index (χ1v) is 5.86. The van der Waals surface area contributed by atoms with Gasteiger partial charge in [0.05, 0.1) is 0 Å². The van der Waals surface area contributed by atoms with E-state index in [2.05, 4.69) is 27.1 Å². The number of aromatic nitrogens is 2. The Morgan fingerprint density at radius 2 is 2.44 bits per heavy atom. The van der Waals surface area contributed by atoms with E-state index in [0.29, 0.717) is 0 Å². The zero-order valence-corrected chi connectivity index (χ0v) is 9.69. The number of nitrogens with two attached hydrogens (primary N) is 1. The van der Waals surface area contributed by atoms with Gasteiger partial charge in [-0.1, -0.05) is 0 Å². The van der Waals surface area contributed by atoms with Gasteiger partial charge in [0, 0.05) is 31.7 Å². The molecule has 5 nitrogen and oxygen atoms in total. The molecule has 0 bridgehead atoms. The van der Waals surface area contributed by atoms with E-state index in [9.17, 15) is 0 Å². The maximum Gasteiger partial charge on any atom is 0.134 e. The molecule has 0 aromatic carbocycles. The summed E-state index contributed by atoms with van der Waals surface area (Å²) >= 11 is 0. The quantitative estimate of drug-likeness (QED) is 0.791. The van der Waals surface area contributed by atoms with Crippen molar-refractivity contribution in [3.8, 4) is 0 Å². The van der Waals surface area contributed by atoms with Crippen LogP contribution in [0.5, 0.6) is 0 Å². The molecule has 1 atom stereocenters. The normalized spacial score (nSPS) is 20.9. The van der Waals surface area contributed by atoms with Gasteiger partial charge in [-0.25, -0.2) is 9.97 Å². The van der Waals surface area contributed by atoms with E-state index in [4.69, 9.17) is 5.73 Å². The van der Waals surface area contributed by atoms with E-state index in [1.54, 1.807) is 6.33 Å². The average molecular weight is 221 g/mol. The number of hydrogen-bond donors (Lipinski definition) is 2. The van der Waals surface area contributed by atoms with Gasteiger partial charge < -0.3 is 16.0 Å². The molecule has 1 aliphatic heterocycles. The average Bonchev–Trinajstić information content (AvgIpc) is 2.30. The number of rotatable bonds is 3. The summed E-state index contributed by atoms with van der Waals surface area (Å²) in [4.78, 5) is 10.7. The SMILES string of the molecule is CCNc1cc(N2CCCC(N)C2)ncn1. The highest BCUT2D eigenvalue weighted by Crippen LogP contribution is 2.18. The van der Waals surface area contributed by atoms with Crippen LogP contribution in [0.3, 0.4) is 0 Å². The van der Waals surface area contributed by atoms with Crippen molar-refractivity contribution >= 4 is 11.6 Å². The highest BCUT2D eigenvalue weighted by Gasteiger charge is 2.17. The Kier molecular flexibility index (Phi) is 3.56. The molecule has 1 aromatic heterocycles. The zero-order chi connectivity index (χ0) is 11.4. The molecule has 5 heteroatoms. The summed E-state index contributed by atoms with van der Waals surface area (Å²) in [5, 5.41) is 3.19. The van der Waals surface area contributed by atoms with Crippen LogP contribution >= 0.6 is 0 Å². The van der Waals surface area contributed by atoms with Crippen LogP contribution in [0.1, 0.15) is 19.8 Å². The molecule has 1 aromatic rings. The topological polar surface area (TPSA) is 67.1 Å². The number of anilines is 2. The maximum absolute atomic E-state index is 5.96. The monoisotopic (exact) mass is 221 g/mol. The molecule has 0 aliphatic carbocycles. The molecular formula is C11H19N5. The minimum absolute atomic E-state index is 0.270. The first kappa shape index (κ1) is 11.1. The van der Waals surface area contributed by atoms with E-state index in [1.807, 2.05) is 6.07 Å². The summed E-state index contributed by atoms with van der Waals surface area (Å²) in [6.07, 6.45) is 3.86. The third-order valence-electron chi connectivity index (χ3n) is 2.79. The lowest BCUT2D eigenvalue weighted by Crippen LogP contribution is -2.43. The standard InChI is InChI=1S/C11H19N5/c1-2-13-10-6-11(15-8-14-10)16-5-3-4-9(12)7-16/h6,8-9H,2-5,7,12H2,1H3,(H,13,14,15). The molecule has 2 heterocycles. The summed E-state index contributed by atoms with van der Waals surface area (Å²) in [5.41, 5.74) is 5.96. The van der Waals surface area contributed by atoms with E-state index < -0.39 is 0 Å². The molecule has 0 radical (unpaired) electrons. The Morgan fingerprint density at radius 3 is 3.19 bits per heavy atom. The van der Waals surface area contributed by atoms with Crippen LogP contribution in [0, 0.1) is 0 Å². The van der Waals surface area contributed by atoms with Gasteiger partial charge >= 0.3 is 0 Å². The van der Waals surface area contributed by atoms with Gasteiger partial charge in [-0.15, -0.1) is 0 Å². The molecule has 1 fully saturated rings. The molecule has 0 amide bonds. The highest BCUT2D eigenvalue weighted by molar-refractivity contribution is 5.48. The van der Waals surface area contributed by atoms with Gasteiger partial charge in [0.1, 0.15) is 18.0 Å². The van der Waals surface area contributed by atoms with Crippen molar-refractivity contribution in [3.63, 3.8) is 0 Å². The number of nitrogens with one attached hydrogen (secondary N) is 1. The fraction of sp³-hybridized carbons (Fsp3) is 0.636. The van der Waals surface area contributed by atoms with Gasteiger partial charge in [-0.2, -0.15) is 0 Å². The van der Waals surface area contributed by atoms with E-state index in [0.717, 1.165) is 44.1 Å². The number of hydrogen-bond acceptors (Lipinski definition) is 5. The third kappa shape index (κ3) is 2.61. The van der Waals surface area contributed by atoms with Crippen molar-refractivity contribution in [2.45, 2.75) is 25.8 Å². The second-order valence-corrected chi connectivity index (χ2v) is 4.14. The Morgan fingerprint density at radius 1 is 1.56 bits per heavy atom. The van der Waals surface area contributed by atoms with Crippen molar-refractivity contribution in [3.05, 3.63) is 12.4 Å². The molecule has 0 saturated carbocycles. The second-order valence-electron chi connectivity index (χ2n) is 4.14. The predicted molar refractivity (Wildman–Crippen MR) is 65.6 cm³/mol. The van der Waals surface area contributed by atoms with Gasteiger partial charge in [0.25, 0.3) is 0 Å². The third-order valence-corrected chi connectivity index (χ3v) is 2.79. The molecule has 16 heavy (non-hydrogen) atoms. The smallest absolute Gasteiger partial charge is 0.134 e. The summed E-state index contributed by atoms with van der Waals surface area (Å²) in [7, 11) is 0. The second kappa shape index (κ2) is 5.12. The fourth-order valence-corrected chi connectivity index (χ4v) is 2.02. The molecule has 88 valence electrons. The Labute approximate surface area is 96.1 Å². The number of piperidine rings is 1. The Balaban J connectivity index is 2.09. The van der Waals surface area contributed by atoms with Crippen molar-refractivity contribution in [1.29, 1.82) is 0 Å². The van der Waals surface area contributed by atoms with Crippen molar-refractivity contribution in [1.82, 2.24) is 9.97 Å². The molecule has 3 N–H and O–H groups in total. The molecule has 1 unspecified atom stereocenters. The highest BCUT2D eigenvalue weighted by atomic mass is 15.2. The van der Waals surface area contributed by atoms with Gasteiger partial charge in [-0.3, -0.25) is 0 Å². The Bertz CT molecular complexity index is 341. The first-order valence-electron chi connectivity index (χ1n) is 5.86. The first-order chi connectivity index (χ1) is 7.79. The predicted octanol–water partition coefficient (Wildman–Crippen LogP) is 0.836. The molecule has 1 aliphatic rings. The van der Waals surface area contributed by atoms with E-state index in [1.165, 1.54) is 0 Å². The van der Waals surface area contributed by atoms with Crippen LogP contribution in [0.4, 0.5) is 11.6 Å². The maximum atomic E-state index is 5.96. The van der Waals surface area contributed by atoms with Crippen LogP contribution in [-0.2, 0) is 0 Å². The van der Waals surface area contributed by atoms with Crippen molar-refractivity contribution < 1.29 is 0 Å². The van der Waals surface area contributed by atoms with E-state index in [-0.39, 0.29) is 6.04 Å². The Hall–Kier alpha value is -1.36. The van der Waals surface area contributed by atoms with Crippen molar-refractivity contribution in [2.24, 2.45) is 5.73 Å². The number of nitrogens with zero attached hydrogens (tertiary/aromatic N) is 3. The summed E-state index contributed by atoms with van der Waals surface area (Å²) in [5.74, 6) is 1.85. The van der Waals surface area contributed by atoms with Gasteiger partial charge in [0.15, 0.2) is 0 Å². The van der Waals surface area contributed by atoms with Gasteiger partial charge in [0.2, 0.25) is 0 Å². The van der Waals surface area contributed by atoms with Crippen molar-refractivity contribution in [2.75, 3.05) is 29.9 Å². The van der Waals surface area contributed by atoms with E-state index >= 15 is 0 Å². The fourth-order valence-electron chi connectivity index (χ4n) is 2.02. The van der Waals surface area contributed by atoms with Crippen LogP contribution in [0.2, 0.25) is 0 Å². The molecule has 0 spiro atoms. The summed E-state index contributed by atoms with van der Waals surface area (Å²) in [6, 6.07) is 2.26. The van der Waals surface area contributed by atoms with Gasteiger partial charge in [-0.05, 0) is 19.8 Å². The van der Waals surface area contributed by atoms with Crippen LogP contribution in [0.15, 0.2) is 12.4 Å². The molecular weight excluding hydrogens is 202 g/mol. The van der Waals surface area contributed by atoms with Crippen LogP contribution < -0.4 is 16.0 Å². The molecule has 2 rings (SSSR count). The lowest BCUT2D eigenvalue weighted by molar-refractivity contribution is 0.503. The summed E-state index contributed by atoms with van der Waals surface area (Å²) in [6.45, 7) is 4.85. The minimum atomic E-state index is 0.270. The lowest BCUT2D eigenvalue weighted by atomic mass is 10.1. The van der Waals surface area contributed by atoms with Crippen LogP contribution in [-0.4, -0.2) is 35.6 Å². The largest absolute Gasteiger partial charge is 0.370 e. The lowest BCUT2D eigenvalue weighted by Gasteiger charge is -2.31. The molecule has 1 saturated heterocycles. The zero-order valence-electron chi connectivity index (χ0n) is 9.69.